The molecule has 0 saturated carbocycles. The van der Waals surface area contributed by atoms with E-state index in [0.29, 0.717) is 22.9 Å². The van der Waals surface area contributed by atoms with Gasteiger partial charge in [0, 0.05) is 37.7 Å². The Balaban J connectivity index is 1.42. The first-order valence-corrected chi connectivity index (χ1v) is 10.4. The average molecular weight is 421 g/mol. The van der Waals surface area contributed by atoms with Crippen molar-refractivity contribution >= 4 is 29.1 Å². The fourth-order valence-corrected chi connectivity index (χ4v) is 4.01. The molecule has 3 rings (SSSR count). The summed E-state index contributed by atoms with van der Waals surface area (Å²) < 4.78 is 5.44. The molecule has 1 heterocycles. The van der Waals surface area contributed by atoms with Gasteiger partial charge in [0.25, 0.3) is 0 Å². The van der Waals surface area contributed by atoms with Crippen molar-refractivity contribution in [2.45, 2.75) is 38.3 Å². The molecule has 0 aliphatic carbocycles. The van der Waals surface area contributed by atoms with Gasteiger partial charge in [-0.1, -0.05) is 53.5 Å². The molecule has 0 atom stereocenters. The van der Waals surface area contributed by atoms with Gasteiger partial charge in [-0.2, -0.15) is 0 Å². The highest BCUT2D eigenvalue weighted by atomic mass is 35.5. The molecule has 0 bridgehead atoms. The highest BCUT2D eigenvalue weighted by Gasteiger charge is 2.21. The van der Waals surface area contributed by atoms with Gasteiger partial charge in [-0.3, -0.25) is 9.69 Å². The third kappa shape index (κ3) is 5.63. The van der Waals surface area contributed by atoms with E-state index in [1.54, 1.807) is 13.2 Å². The molecule has 2 aromatic rings. The summed E-state index contributed by atoms with van der Waals surface area (Å²) in [6.45, 7) is 2.80. The van der Waals surface area contributed by atoms with E-state index in [9.17, 15) is 4.79 Å². The lowest BCUT2D eigenvalue weighted by Crippen LogP contribution is -2.44. The number of nitrogens with one attached hydrogen (secondary N) is 1. The van der Waals surface area contributed by atoms with Crippen LogP contribution in [0.4, 0.5) is 0 Å². The summed E-state index contributed by atoms with van der Waals surface area (Å²) in [6, 6.07) is 13.9. The van der Waals surface area contributed by atoms with Gasteiger partial charge in [0.05, 0.1) is 17.2 Å². The molecule has 1 fully saturated rings. The number of rotatable bonds is 7. The minimum atomic E-state index is 0.0687. The summed E-state index contributed by atoms with van der Waals surface area (Å²) in [5.41, 5.74) is 2.11. The zero-order valence-electron chi connectivity index (χ0n) is 16.1. The maximum atomic E-state index is 12.3. The first-order valence-electron chi connectivity index (χ1n) is 9.63. The van der Waals surface area contributed by atoms with Gasteiger partial charge in [-0.25, -0.2) is 0 Å². The zero-order valence-corrected chi connectivity index (χ0v) is 17.6. The monoisotopic (exact) mass is 420 g/mol. The number of piperidine rings is 1. The molecule has 0 spiro atoms. The lowest BCUT2D eigenvalue weighted by atomic mass is 10.0. The van der Waals surface area contributed by atoms with Gasteiger partial charge in [0.15, 0.2) is 0 Å². The number of carbonyl (C=O) groups is 1. The van der Waals surface area contributed by atoms with Crippen molar-refractivity contribution in [3.63, 3.8) is 0 Å². The molecule has 1 amide bonds. The van der Waals surface area contributed by atoms with Crippen molar-refractivity contribution in [3.8, 4) is 5.75 Å². The number of para-hydroxylation sites is 1. The maximum absolute atomic E-state index is 12.3. The smallest absolute Gasteiger partial charge is 0.220 e. The number of benzene rings is 2. The van der Waals surface area contributed by atoms with Crippen LogP contribution in [0.25, 0.3) is 0 Å². The number of amides is 1. The van der Waals surface area contributed by atoms with E-state index in [0.717, 1.165) is 43.8 Å². The van der Waals surface area contributed by atoms with E-state index >= 15 is 0 Å². The summed E-state index contributed by atoms with van der Waals surface area (Å²) in [7, 11) is 1.71. The van der Waals surface area contributed by atoms with Crippen LogP contribution >= 0.6 is 23.2 Å². The molecule has 1 saturated heterocycles. The molecule has 1 aliphatic heterocycles. The Kier molecular flexibility index (Phi) is 7.60. The summed E-state index contributed by atoms with van der Waals surface area (Å²) in [6.07, 6.45) is 2.93. The Morgan fingerprint density at radius 2 is 1.82 bits per heavy atom. The van der Waals surface area contributed by atoms with E-state index in [-0.39, 0.29) is 11.9 Å². The van der Waals surface area contributed by atoms with Crippen LogP contribution < -0.4 is 10.1 Å². The molecule has 1 aliphatic rings. The van der Waals surface area contributed by atoms with Crippen molar-refractivity contribution in [1.82, 2.24) is 10.2 Å². The van der Waals surface area contributed by atoms with Crippen LogP contribution in [0.15, 0.2) is 42.5 Å². The van der Waals surface area contributed by atoms with Crippen LogP contribution in [0.2, 0.25) is 10.0 Å². The topological polar surface area (TPSA) is 41.6 Å². The lowest BCUT2D eigenvalue weighted by molar-refractivity contribution is -0.122. The highest BCUT2D eigenvalue weighted by molar-refractivity contribution is 6.42. The zero-order chi connectivity index (χ0) is 19.9. The van der Waals surface area contributed by atoms with Gasteiger partial charge in [-0.05, 0) is 37.0 Å². The molecule has 0 unspecified atom stereocenters. The van der Waals surface area contributed by atoms with Crippen molar-refractivity contribution in [1.29, 1.82) is 0 Å². The normalized spacial score (nSPS) is 15.4. The number of hydrogen-bond donors (Lipinski definition) is 1. The van der Waals surface area contributed by atoms with E-state index < -0.39 is 0 Å². The van der Waals surface area contributed by atoms with E-state index in [4.69, 9.17) is 27.9 Å². The van der Waals surface area contributed by atoms with Crippen molar-refractivity contribution in [3.05, 3.63) is 63.6 Å². The average Bonchev–Trinajstić information content (AvgIpc) is 2.71. The summed E-state index contributed by atoms with van der Waals surface area (Å²) in [5.74, 6) is 0.997. The Labute approximate surface area is 176 Å². The Bertz CT molecular complexity index is 805. The molecule has 6 heteroatoms. The molecular weight excluding hydrogens is 395 g/mol. The number of likely N-dealkylation sites (tertiary alicyclic amines) is 1. The molecule has 0 aromatic heterocycles. The second-order valence-electron chi connectivity index (χ2n) is 7.14. The molecule has 150 valence electrons. The standard InChI is InChI=1S/C22H26Cl2N2O2/c1-28-20-8-3-2-5-17(20)15-26-13-11-18(12-14-26)25-21(27)10-9-16-6-4-7-19(23)22(16)24/h2-8,18H,9-15H2,1H3,(H,25,27). The van der Waals surface area contributed by atoms with Gasteiger partial charge in [-0.15, -0.1) is 0 Å². The Hall–Kier alpha value is -1.75. The third-order valence-electron chi connectivity index (χ3n) is 5.19. The third-order valence-corrected chi connectivity index (χ3v) is 6.05. The second-order valence-corrected chi connectivity index (χ2v) is 7.93. The van der Waals surface area contributed by atoms with Crippen LogP contribution in [0.1, 0.15) is 30.4 Å². The highest BCUT2D eigenvalue weighted by Crippen LogP contribution is 2.26. The maximum Gasteiger partial charge on any atom is 0.220 e. The first kappa shape index (κ1) is 21.0. The van der Waals surface area contributed by atoms with Gasteiger partial charge in [0.2, 0.25) is 5.91 Å². The van der Waals surface area contributed by atoms with E-state index in [2.05, 4.69) is 16.3 Å². The van der Waals surface area contributed by atoms with E-state index in [1.165, 1.54) is 5.56 Å². The number of carbonyl (C=O) groups excluding carboxylic acids is 1. The van der Waals surface area contributed by atoms with Gasteiger partial charge < -0.3 is 10.1 Å². The number of methoxy groups -OCH3 is 1. The first-order chi connectivity index (χ1) is 13.6. The molecule has 4 nitrogen and oxygen atoms in total. The SMILES string of the molecule is COc1ccccc1CN1CCC(NC(=O)CCc2cccc(Cl)c2Cl)CC1. The quantitative estimate of drug-likeness (QED) is 0.704. The number of nitrogens with zero attached hydrogens (tertiary/aromatic N) is 1. The summed E-state index contributed by atoms with van der Waals surface area (Å²) in [4.78, 5) is 14.7. The predicted molar refractivity (Wildman–Crippen MR) is 114 cm³/mol. The largest absolute Gasteiger partial charge is 0.496 e. The van der Waals surface area contributed by atoms with Gasteiger partial charge in [0.1, 0.15) is 5.75 Å². The van der Waals surface area contributed by atoms with Crippen LogP contribution in [-0.4, -0.2) is 37.0 Å². The van der Waals surface area contributed by atoms with Crippen molar-refractivity contribution in [2.24, 2.45) is 0 Å². The number of halogens is 2. The minimum absolute atomic E-state index is 0.0687. The fourth-order valence-electron chi connectivity index (χ4n) is 3.60. The molecule has 1 N–H and O–H groups in total. The fraction of sp³-hybridized carbons (Fsp3) is 0.409. The molecular formula is C22H26Cl2N2O2. The van der Waals surface area contributed by atoms with Gasteiger partial charge >= 0.3 is 0 Å². The van der Waals surface area contributed by atoms with Crippen molar-refractivity contribution in [2.75, 3.05) is 20.2 Å². The van der Waals surface area contributed by atoms with Crippen LogP contribution in [0.5, 0.6) is 5.75 Å². The Morgan fingerprint density at radius 3 is 2.57 bits per heavy atom. The number of hydrogen-bond acceptors (Lipinski definition) is 3. The minimum Gasteiger partial charge on any atom is -0.496 e. The van der Waals surface area contributed by atoms with E-state index in [1.807, 2.05) is 30.3 Å². The van der Waals surface area contributed by atoms with Crippen LogP contribution in [0, 0.1) is 0 Å². The molecule has 28 heavy (non-hydrogen) atoms. The Morgan fingerprint density at radius 1 is 1.11 bits per heavy atom. The van der Waals surface area contributed by atoms with Crippen LogP contribution in [0.3, 0.4) is 0 Å². The summed E-state index contributed by atoms with van der Waals surface area (Å²) in [5, 5.41) is 4.24. The second kappa shape index (κ2) is 10.1. The molecule has 0 radical (unpaired) electrons. The predicted octanol–water partition coefficient (Wildman–Crippen LogP) is 4.72. The summed E-state index contributed by atoms with van der Waals surface area (Å²) >= 11 is 12.2. The number of ether oxygens (including phenoxy) is 1. The van der Waals surface area contributed by atoms with Crippen LogP contribution in [-0.2, 0) is 17.8 Å². The molecule has 2 aromatic carbocycles. The number of aryl methyl sites for hydroxylation is 1. The van der Waals surface area contributed by atoms with Crippen molar-refractivity contribution < 1.29 is 9.53 Å². The lowest BCUT2D eigenvalue weighted by Gasteiger charge is -2.32.